The van der Waals surface area contributed by atoms with Crippen molar-refractivity contribution < 1.29 is 4.39 Å². The van der Waals surface area contributed by atoms with E-state index < -0.39 is 0 Å². The monoisotopic (exact) mass is 418 g/mol. The second kappa shape index (κ2) is 7.58. The van der Waals surface area contributed by atoms with E-state index in [4.69, 9.17) is 11.6 Å². The molecule has 0 nitrogen and oxygen atoms in total. The van der Waals surface area contributed by atoms with Crippen LogP contribution < -0.4 is 0 Å². The molecule has 0 amide bonds. The molecule has 0 spiro atoms. The normalized spacial score (nSPS) is 12.4. The predicted molar refractivity (Wildman–Crippen MR) is 90.2 cm³/mol. The van der Waals surface area contributed by atoms with Gasteiger partial charge < -0.3 is 0 Å². The molecule has 2 aromatic rings. The predicted octanol–water partition coefficient (Wildman–Crippen LogP) is 6.04. The third-order valence-electron chi connectivity index (χ3n) is 3.21. The molecule has 0 bridgehead atoms. The fraction of sp³-hybridized carbons (Fsp3) is 0.250. The van der Waals surface area contributed by atoms with Gasteiger partial charge in [-0.05, 0) is 48.1 Å². The average molecular weight is 421 g/mol. The van der Waals surface area contributed by atoms with Gasteiger partial charge in [-0.3, -0.25) is 0 Å². The zero-order valence-electron chi connectivity index (χ0n) is 10.8. The summed E-state index contributed by atoms with van der Waals surface area (Å²) >= 11 is 13.2. The number of hydrogen-bond donors (Lipinski definition) is 0. The van der Waals surface area contributed by atoms with Gasteiger partial charge in [0, 0.05) is 14.8 Å². The quantitative estimate of drug-likeness (QED) is 0.518. The van der Waals surface area contributed by atoms with Gasteiger partial charge in [0.05, 0.1) is 0 Å². The van der Waals surface area contributed by atoms with Crippen molar-refractivity contribution in [2.45, 2.75) is 12.8 Å². The molecule has 0 heterocycles. The topological polar surface area (TPSA) is 0 Å². The van der Waals surface area contributed by atoms with E-state index >= 15 is 0 Å². The van der Waals surface area contributed by atoms with Gasteiger partial charge in [0.25, 0.3) is 0 Å². The third-order valence-corrected chi connectivity index (χ3v) is 5.25. The van der Waals surface area contributed by atoms with Gasteiger partial charge in [-0.15, -0.1) is 0 Å². The van der Waals surface area contributed by atoms with E-state index in [1.165, 1.54) is 17.7 Å². The minimum Gasteiger partial charge on any atom is -0.207 e. The van der Waals surface area contributed by atoms with Crippen molar-refractivity contribution in [1.82, 2.24) is 0 Å². The molecule has 0 aliphatic carbocycles. The van der Waals surface area contributed by atoms with Crippen LogP contribution in [0, 0.1) is 11.7 Å². The molecule has 0 aliphatic rings. The van der Waals surface area contributed by atoms with Crippen LogP contribution in [0.2, 0.25) is 5.02 Å². The van der Waals surface area contributed by atoms with Gasteiger partial charge in [-0.25, -0.2) is 4.39 Å². The number of halogens is 4. The van der Waals surface area contributed by atoms with Crippen LogP contribution in [0.1, 0.15) is 11.1 Å². The molecule has 20 heavy (non-hydrogen) atoms. The molecule has 0 radical (unpaired) electrons. The fourth-order valence-electron chi connectivity index (χ4n) is 2.15. The Balaban J connectivity index is 2.11. The summed E-state index contributed by atoms with van der Waals surface area (Å²) in [5.74, 6) is 0.122. The molecular formula is C16H14Br2ClF. The van der Waals surface area contributed by atoms with Gasteiger partial charge in [-0.2, -0.15) is 0 Å². The van der Waals surface area contributed by atoms with E-state index in [2.05, 4.69) is 37.9 Å². The van der Waals surface area contributed by atoms with Crippen LogP contribution in [-0.2, 0) is 12.8 Å². The molecule has 0 saturated heterocycles. The van der Waals surface area contributed by atoms with Crippen molar-refractivity contribution in [3.8, 4) is 0 Å². The molecule has 106 valence electrons. The smallest absolute Gasteiger partial charge is 0.124 e. The fourth-order valence-corrected chi connectivity index (χ4v) is 3.30. The standard InChI is InChI=1S/C16H14Br2ClF/c17-10-11(7-12-3-1-2-4-15(12)18)8-13-5-6-14(20)9-16(13)19/h1-6,9,11H,7-8,10H2. The number of hydrogen-bond acceptors (Lipinski definition) is 0. The van der Waals surface area contributed by atoms with Crippen LogP contribution in [-0.4, -0.2) is 5.33 Å². The van der Waals surface area contributed by atoms with E-state index in [1.807, 2.05) is 18.2 Å². The molecule has 4 heteroatoms. The first-order chi connectivity index (χ1) is 9.60. The molecular weight excluding hydrogens is 406 g/mol. The van der Waals surface area contributed by atoms with E-state index in [0.29, 0.717) is 10.9 Å². The van der Waals surface area contributed by atoms with Gasteiger partial charge in [0.2, 0.25) is 0 Å². The van der Waals surface area contributed by atoms with Crippen molar-refractivity contribution >= 4 is 43.5 Å². The Morgan fingerprint density at radius 2 is 1.75 bits per heavy atom. The van der Waals surface area contributed by atoms with Gasteiger partial charge in [0.1, 0.15) is 5.82 Å². The van der Waals surface area contributed by atoms with Crippen molar-refractivity contribution in [2.75, 3.05) is 5.33 Å². The molecule has 0 fully saturated rings. The van der Waals surface area contributed by atoms with Crippen LogP contribution >= 0.6 is 43.5 Å². The first kappa shape index (κ1) is 16.0. The molecule has 0 aromatic heterocycles. The summed E-state index contributed by atoms with van der Waals surface area (Å²) in [4.78, 5) is 0. The Morgan fingerprint density at radius 3 is 2.40 bits per heavy atom. The van der Waals surface area contributed by atoms with Crippen LogP contribution in [0.15, 0.2) is 46.9 Å². The minimum atomic E-state index is -0.292. The lowest BCUT2D eigenvalue weighted by Crippen LogP contribution is -2.10. The highest BCUT2D eigenvalue weighted by Gasteiger charge is 2.13. The van der Waals surface area contributed by atoms with Crippen LogP contribution in [0.4, 0.5) is 4.39 Å². The molecule has 1 atom stereocenters. The zero-order valence-corrected chi connectivity index (χ0v) is 14.7. The lowest BCUT2D eigenvalue weighted by Gasteiger charge is -2.16. The van der Waals surface area contributed by atoms with E-state index in [9.17, 15) is 4.39 Å². The highest BCUT2D eigenvalue weighted by Crippen LogP contribution is 2.26. The Labute approximate surface area is 140 Å². The maximum atomic E-state index is 13.1. The third kappa shape index (κ3) is 4.31. The van der Waals surface area contributed by atoms with Crippen molar-refractivity contribution in [3.05, 3.63) is 68.9 Å². The van der Waals surface area contributed by atoms with Crippen molar-refractivity contribution in [3.63, 3.8) is 0 Å². The number of rotatable bonds is 5. The van der Waals surface area contributed by atoms with Gasteiger partial charge >= 0.3 is 0 Å². The van der Waals surface area contributed by atoms with E-state index in [1.54, 1.807) is 6.07 Å². The second-order valence-corrected chi connectivity index (χ2v) is 6.66. The van der Waals surface area contributed by atoms with E-state index in [-0.39, 0.29) is 5.82 Å². The molecule has 2 rings (SSSR count). The summed E-state index contributed by atoms with van der Waals surface area (Å²) in [7, 11) is 0. The number of benzene rings is 2. The lowest BCUT2D eigenvalue weighted by atomic mass is 9.94. The molecule has 0 N–H and O–H groups in total. The van der Waals surface area contributed by atoms with Crippen molar-refractivity contribution in [1.29, 1.82) is 0 Å². The summed E-state index contributed by atoms with van der Waals surface area (Å²) in [5.41, 5.74) is 2.26. The van der Waals surface area contributed by atoms with Crippen LogP contribution in [0.25, 0.3) is 0 Å². The summed E-state index contributed by atoms with van der Waals surface area (Å²) in [6.45, 7) is 0. The SMILES string of the molecule is Fc1ccc(CC(CBr)Cc2ccccc2Br)c(Cl)c1. The molecule has 0 saturated carbocycles. The summed E-state index contributed by atoms with van der Waals surface area (Å²) in [6, 6.07) is 12.8. The Hall–Kier alpha value is -0.380. The van der Waals surface area contributed by atoms with Gasteiger partial charge in [0.15, 0.2) is 0 Å². The summed E-state index contributed by atoms with van der Waals surface area (Å²) < 4.78 is 14.2. The molecule has 1 unspecified atom stereocenters. The zero-order chi connectivity index (χ0) is 14.5. The first-order valence-corrected chi connectivity index (χ1v) is 8.62. The summed E-state index contributed by atoms with van der Waals surface area (Å²) in [6.07, 6.45) is 1.77. The maximum absolute atomic E-state index is 13.1. The highest BCUT2D eigenvalue weighted by atomic mass is 79.9. The first-order valence-electron chi connectivity index (χ1n) is 6.33. The maximum Gasteiger partial charge on any atom is 0.124 e. The Morgan fingerprint density at radius 1 is 1.05 bits per heavy atom. The molecule has 0 aliphatic heterocycles. The Bertz CT molecular complexity index is 586. The van der Waals surface area contributed by atoms with Crippen molar-refractivity contribution in [2.24, 2.45) is 5.92 Å². The highest BCUT2D eigenvalue weighted by molar-refractivity contribution is 9.10. The molecule has 2 aromatic carbocycles. The van der Waals surface area contributed by atoms with Crippen LogP contribution in [0.5, 0.6) is 0 Å². The second-order valence-electron chi connectivity index (χ2n) is 4.76. The lowest BCUT2D eigenvalue weighted by molar-refractivity contribution is 0.586. The van der Waals surface area contributed by atoms with Gasteiger partial charge in [-0.1, -0.05) is 67.7 Å². The average Bonchev–Trinajstić information content (AvgIpc) is 2.43. The van der Waals surface area contributed by atoms with Crippen LogP contribution in [0.3, 0.4) is 0 Å². The largest absolute Gasteiger partial charge is 0.207 e. The minimum absolute atomic E-state index is 0.292. The van der Waals surface area contributed by atoms with E-state index in [0.717, 1.165) is 28.2 Å². The Kier molecular flexibility index (Phi) is 6.06. The summed E-state index contributed by atoms with van der Waals surface area (Å²) in [5, 5.41) is 1.38. The number of alkyl halides is 1.